The van der Waals surface area contributed by atoms with Crippen molar-refractivity contribution < 1.29 is 13.9 Å². The highest BCUT2D eigenvalue weighted by Gasteiger charge is 2.28. The molecule has 7 heteroatoms. The van der Waals surface area contributed by atoms with Crippen LogP contribution >= 0.6 is 0 Å². The van der Waals surface area contributed by atoms with E-state index in [0.717, 1.165) is 36.6 Å². The first-order valence-electron chi connectivity index (χ1n) is 10.7. The second-order valence-electron chi connectivity index (χ2n) is 7.66. The van der Waals surface area contributed by atoms with Crippen molar-refractivity contribution in [1.82, 2.24) is 15.5 Å². The number of rotatable bonds is 6. The number of halogens is 1. The van der Waals surface area contributed by atoms with Crippen LogP contribution in [0.3, 0.4) is 0 Å². The molecule has 0 saturated carbocycles. The average molecular weight is 427 g/mol. The quantitative estimate of drug-likeness (QED) is 0.550. The second kappa shape index (κ2) is 10.9. The Hall–Kier alpha value is -2.93. The van der Waals surface area contributed by atoms with E-state index in [1.54, 1.807) is 25.2 Å². The third kappa shape index (κ3) is 6.28. The van der Waals surface area contributed by atoms with Crippen molar-refractivity contribution in [1.29, 1.82) is 0 Å². The molecule has 3 rings (SSSR count). The van der Waals surface area contributed by atoms with Gasteiger partial charge in [0.15, 0.2) is 5.96 Å². The van der Waals surface area contributed by atoms with Gasteiger partial charge in [0.25, 0.3) is 5.91 Å². The molecule has 1 aliphatic rings. The number of nitrogens with zero attached hydrogens (tertiary/aromatic N) is 2. The zero-order valence-electron chi connectivity index (χ0n) is 18.4. The number of morpholine rings is 1. The zero-order chi connectivity index (χ0) is 22.2. The third-order valence-electron chi connectivity index (χ3n) is 5.21. The van der Waals surface area contributed by atoms with Crippen molar-refractivity contribution in [2.75, 3.05) is 33.2 Å². The molecule has 0 bridgehead atoms. The molecule has 1 amide bonds. The largest absolute Gasteiger partial charge is 0.367 e. The summed E-state index contributed by atoms with van der Waals surface area (Å²) in [7, 11) is 1.63. The summed E-state index contributed by atoms with van der Waals surface area (Å²) in [6.07, 6.45) is 0.621. The van der Waals surface area contributed by atoms with Gasteiger partial charge in [-0.1, -0.05) is 24.3 Å². The Kier molecular flexibility index (Phi) is 8.00. The number of aliphatic imine (C=N–C) groups is 1. The maximum atomic E-state index is 13.3. The molecule has 2 aromatic carbocycles. The van der Waals surface area contributed by atoms with Crippen LogP contribution in [0, 0.1) is 5.82 Å². The maximum absolute atomic E-state index is 13.3. The molecule has 2 N–H and O–H groups in total. The van der Waals surface area contributed by atoms with E-state index in [4.69, 9.17) is 9.73 Å². The van der Waals surface area contributed by atoms with Crippen molar-refractivity contribution >= 4 is 11.9 Å². The molecule has 1 saturated heterocycles. The number of hydrogen-bond donors (Lipinski definition) is 2. The highest BCUT2D eigenvalue weighted by atomic mass is 19.1. The molecule has 2 aromatic rings. The summed E-state index contributed by atoms with van der Waals surface area (Å²) < 4.78 is 19.4. The number of hydrogen-bond acceptors (Lipinski definition) is 3. The smallest absolute Gasteiger partial charge is 0.251 e. The predicted octanol–water partition coefficient (Wildman–Crippen LogP) is 3.16. The van der Waals surface area contributed by atoms with Gasteiger partial charge in [-0.2, -0.15) is 0 Å². The van der Waals surface area contributed by atoms with Crippen LogP contribution < -0.4 is 10.6 Å². The minimum Gasteiger partial charge on any atom is -0.367 e. The minimum atomic E-state index is -0.250. The number of amides is 1. The topological polar surface area (TPSA) is 66.0 Å². The lowest BCUT2D eigenvalue weighted by Gasteiger charge is -2.38. The van der Waals surface area contributed by atoms with Crippen LogP contribution in [0.2, 0.25) is 0 Å². The Balaban J connectivity index is 1.69. The standard InChI is InChI=1S/C24H31FN4O2/c1-4-27-24(28-13-12-18-6-5-7-20(14-18)23(30)26-3)29-15-17(2)31-22(16-29)19-8-10-21(25)11-9-19/h5-11,14,17,22H,4,12-13,15-16H2,1-3H3,(H,26,30)(H,27,28). The van der Waals surface area contributed by atoms with Crippen molar-refractivity contribution in [2.24, 2.45) is 4.99 Å². The lowest BCUT2D eigenvalue weighted by Crippen LogP contribution is -2.50. The molecule has 1 fully saturated rings. The first-order chi connectivity index (χ1) is 15.0. The van der Waals surface area contributed by atoms with Crippen LogP contribution in [0.5, 0.6) is 0 Å². The molecule has 6 nitrogen and oxygen atoms in total. The summed E-state index contributed by atoms with van der Waals surface area (Å²) in [4.78, 5) is 18.9. The average Bonchev–Trinajstić information content (AvgIpc) is 2.78. The van der Waals surface area contributed by atoms with Gasteiger partial charge in [0.1, 0.15) is 11.9 Å². The molecular formula is C24H31FN4O2. The van der Waals surface area contributed by atoms with Crippen molar-refractivity contribution in [3.8, 4) is 0 Å². The van der Waals surface area contributed by atoms with Gasteiger partial charge >= 0.3 is 0 Å². The number of guanidine groups is 1. The fraction of sp³-hybridized carbons (Fsp3) is 0.417. The SMILES string of the molecule is CCNC(=NCCc1cccc(C(=O)NC)c1)N1CC(C)OC(c2ccc(F)cc2)C1. The fourth-order valence-corrected chi connectivity index (χ4v) is 3.72. The van der Waals surface area contributed by atoms with Crippen LogP contribution in [-0.2, 0) is 11.2 Å². The Morgan fingerprint density at radius 3 is 2.71 bits per heavy atom. The summed E-state index contributed by atoms with van der Waals surface area (Å²) in [6.45, 7) is 6.83. The first kappa shape index (κ1) is 22.7. The summed E-state index contributed by atoms with van der Waals surface area (Å²) in [5.41, 5.74) is 2.68. The van der Waals surface area contributed by atoms with E-state index in [0.29, 0.717) is 18.7 Å². The molecule has 1 heterocycles. The minimum absolute atomic E-state index is 0.0249. The second-order valence-corrected chi connectivity index (χ2v) is 7.66. The molecule has 0 aliphatic carbocycles. The lowest BCUT2D eigenvalue weighted by molar-refractivity contribution is -0.0605. The van der Waals surface area contributed by atoms with Gasteiger partial charge in [-0.3, -0.25) is 9.79 Å². The molecule has 0 spiro atoms. The third-order valence-corrected chi connectivity index (χ3v) is 5.21. The Bertz CT molecular complexity index is 901. The van der Waals surface area contributed by atoms with E-state index in [1.165, 1.54) is 12.1 Å². The molecule has 1 aliphatic heterocycles. The summed E-state index contributed by atoms with van der Waals surface area (Å²) >= 11 is 0. The van der Waals surface area contributed by atoms with E-state index < -0.39 is 0 Å². The molecule has 166 valence electrons. The van der Waals surface area contributed by atoms with Crippen LogP contribution in [0.4, 0.5) is 4.39 Å². The van der Waals surface area contributed by atoms with Gasteiger partial charge in [-0.05, 0) is 55.7 Å². The van der Waals surface area contributed by atoms with E-state index in [1.807, 2.05) is 32.0 Å². The van der Waals surface area contributed by atoms with Gasteiger partial charge in [0.05, 0.1) is 12.6 Å². The van der Waals surface area contributed by atoms with Crippen molar-refractivity contribution in [3.63, 3.8) is 0 Å². The van der Waals surface area contributed by atoms with Crippen molar-refractivity contribution in [2.45, 2.75) is 32.5 Å². The summed E-state index contributed by atoms with van der Waals surface area (Å²) in [5, 5.41) is 6.03. The van der Waals surface area contributed by atoms with E-state index in [-0.39, 0.29) is 23.9 Å². The van der Waals surface area contributed by atoms with Gasteiger partial charge in [-0.15, -0.1) is 0 Å². The fourth-order valence-electron chi connectivity index (χ4n) is 3.72. The van der Waals surface area contributed by atoms with Crippen molar-refractivity contribution in [3.05, 3.63) is 71.0 Å². The molecule has 31 heavy (non-hydrogen) atoms. The molecule has 2 atom stereocenters. The molecule has 0 aromatic heterocycles. The van der Waals surface area contributed by atoms with E-state index in [2.05, 4.69) is 15.5 Å². The number of carbonyl (C=O) groups excluding carboxylic acids is 1. The highest BCUT2D eigenvalue weighted by Crippen LogP contribution is 2.25. The van der Waals surface area contributed by atoms with Gasteiger partial charge < -0.3 is 20.3 Å². The maximum Gasteiger partial charge on any atom is 0.251 e. The highest BCUT2D eigenvalue weighted by molar-refractivity contribution is 5.94. The number of nitrogens with one attached hydrogen (secondary N) is 2. The zero-order valence-corrected chi connectivity index (χ0v) is 18.4. The normalized spacial score (nSPS) is 19.2. The monoisotopic (exact) mass is 426 g/mol. The van der Waals surface area contributed by atoms with Crippen LogP contribution in [0.25, 0.3) is 0 Å². The summed E-state index contributed by atoms with van der Waals surface area (Å²) in [5.74, 6) is 0.500. The number of ether oxygens (including phenoxy) is 1. The Labute approximate surface area is 183 Å². The molecule has 0 radical (unpaired) electrons. The number of benzene rings is 2. The lowest BCUT2D eigenvalue weighted by atomic mass is 10.1. The summed E-state index contributed by atoms with van der Waals surface area (Å²) in [6, 6.07) is 14.1. The Morgan fingerprint density at radius 1 is 1.23 bits per heavy atom. The molecular weight excluding hydrogens is 395 g/mol. The molecule has 2 unspecified atom stereocenters. The van der Waals surface area contributed by atoms with E-state index in [9.17, 15) is 9.18 Å². The van der Waals surface area contributed by atoms with Gasteiger partial charge in [0, 0.05) is 32.2 Å². The van der Waals surface area contributed by atoms with E-state index >= 15 is 0 Å². The Morgan fingerprint density at radius 2 is 2.00 bits per heavy atom. The predicted molar refractivity (Wildman–Crippen MR) is 121 cm³/mol. The van der Waals surface area contributed by atoms with Crippen LogP contribution in [0.1, 0.15) is 41.4 Å². The van der Waals surface area contributed by atoms with Gasteiger partial charge in [-0.25, -0.2) is 4.39 Å². The van der Waals surface area contributed by atoms with Crippen LogP contribution in [-0.4, -0.2) is 56.1 Å². The van der Waals surface area contributed by atoms with Gasteiger partial charge in [0.2, 0.25) is 0 Å². The van der Waals surface area contributed by atoms with Crippen LogP contribution in [0.15, 0.2) is 53.5 Å². The number of carbonyl (C=O) groups is 1. The first-order valence-corrected chi connectivity index (χ1v) is 10.7.